The highest BCUT2D eigenvalue weighted by atomic mass is 16.2. The summed E-state index contributed by atoms with van der Waals surface area (Å²) >= 11 is 0. The van der Waals surface area contributed by atoms with E-state index in [1.165, 1.54) is 4.90 Å². The lowest BCUT2D eigenvalue weighted by Crippen LogP contribution is -2.49. The molecule has 0 unspecified atom stereocenters. The smallest absolute Gasteiger partial charge is 0.328 e. The molecule has 250 valence electrons. The SMILES string of the molecule is CCc1nn(-c2cccc3cc(-c4ccc(C(=O)NCCC#Cc5cccc(N6CCC(=O)NC6=O)c5)nc4)ncc23)c2c1CC(=O)N(C)C2. The van der Waals surface area contributed by atoms with Gasteiger partial charge < -0.3 is 10.2 Å². The van der Waals surface area contributed by atoms with Crippen molar-refractivity contribution in [2.45, 2.75) is 39.2 Å². The number of nitrogens with one attached hydrogen (secondary N) is 2. The van der Waals surface area contributed by atoms with Gasteiger partial charge in [0.2, 0.25) is 11.8 Å². The molecule has 5 aromatic rings. The highest BCUT2D eigenvalue weighted by molar-refractivity contribution is 6.05. The maximum atomic E-state index is 12.8. The zero-order chi connectivity index (χ0) is 34.8. The normalized spacial score (nSPS) is 14.2. The van der Waals surface area contributed by atoms with Gasteiger partial charge in [-0.2, -0.15) is 5.10 Å². The van der Waals surface area contributed by atoms with Crippen LogP contribution in [0.4, 0.5) is 10.5 Å². The number of aryl methyl sites for hydroxylation is 1. The number of hydrogen-bond donors (Lipinski definition) is 2. The Morgan fingerprint density at radius 1 is 1.02 bits per heavy atom. The molecule has 2 N–H and O–H groups in total. The van der Waals surface area contributed by atoms with Crippen LogP contribution in [0.15, 0.2) is 73.1 Å². The van der Waals surface area contributed by atoms with Gasteiger partial charge in [0.1, 0.15) is 5.69 Å². The van der Waals surface area contributed by atoms with Gasteiger partial charge in [-0.05, 0) is 54.3 Å². The summed E-state index contributed by atoms with van der Waals surface area (Å²) in [5.74, 6) is 5.63. The molecule has 2 aromatic carbocycles. The number of benzene rings is 2. The van der Waals surface area contributed by atoms with Crippen molar-refractivity contribution < 1.29 is 19.2 Å². The van der Waals surface area contributed by atoms with Crippen molar-refractivity contribution in [3.8, 4) is 28.8 Å². The van der Waals surface area contributed by atoms with Crippen LogP contribution in [0.5, 0.6) is 0 Å². The van der Waals surface area contributed by atoms with Crippen LogP contribution in [0.2, 0.25) is 0 Å². The molecule has 2 aliphatic rings. The van der Waals surface area contributed by atoms with E-state index in [0.717, 1.165) is 56.7 Å². The van der Waals surface area contributed by atoms with Crippen molar-refractivity contribution in [3.63, 3.8) is 0 Å². The van der Waals surface area contributed by atoms with Crippen LogP contribution in [0.3, 0.4) is 0 Å². The summed E-state index contributed by atoms with van der Waals surface area (Å²) in [4.78, 5) is 61.2. The van der Waals surface area contributed by atoms with Crippen molar-refractivity contribution in [2.24, 2.45) is 0 Å². The minimum absolute atomic E-state index is 0.102. The second-order valence-corrected chi connectivity index (χ2v) is 12.2. The molecule has 0 aliphatic carbocycles. The van der Waals surface area contributed by atoms with Gasteiger partial charge in [0.15, 0.2) is 0 Å². The first-order chi connectivity index (χ1) is 24.3. The van der Waals surface area contributed by atoms with E-state index < -0.39 is 6.03 Å². The number of nitrogens with zero attached hydrogens (tertiary/aromatic N) is 6. The topological polar surface area (TPSA) is 142 Å². The zero-order valence-corrected chi connectivity index (χ0v) is 27.7. The largest absolute Gasteiger partial charge is 0.350 e. The van der Waals surface area contributed by atoms with Gasteiger partial charge in [-0.25, -0.2) is 9.48 Å². The first-order valence-corrected chi connectivity index (χ1v) is 16.5. The average molecular weight is 667 g/mol. The number of hydrogen-bond acceptors (Lipinski definition) is 7. The van der Waals surface area contributed by atoms with Crippen LogP contribution < -0.4 is 15.5 Å². The number of urea groups is 1. The van der Waals surface area contributed by atoms with Gasteiger partial charge in [0.25, 0.3) is 5.91 Å². The third-order valence-corrected chi connectivity index (χ3v) is 8.89. The van der Waals surface area contributed by atoms with E-state index in [0.29, 0.717) is 38.2 Å². The summed E-state index contributed by atoms with van der Waals surface area (Å²) in [5.41, 5.74) is 7.09. The van der Waals surface area contributed by atoms with E-state index in [9.17, 15) is 19.2 Å². The Kier molecular flexibility index (Phi) is 8.79. The fourth-order valence-corrected chi connectivity index (χ4v) is 6.22. The highest BCUT2D eigenvalue weighted by Crippen LogP contribution is 2.31. The Morgan fingerprint density at radius 2 is 1.88 bits per heavy atom. The quantitative estimate of drug-likeness (QED) is 0.196. The molecule has 7 rings (SSSR count). The number of carbonyl (C=O) groups excluding carboxylic acids is 4. The Labute approximate surface area is 288 Å². The summed E-state index contributed by atoms with van der Waals surface area (Å²) in [7, 11) is 1.82. The fraction of sp³-hybridized carbons (Fsp3) is 0.237. The molecule has 0 atom stereocenters. The maximum absolute atomic E-state index is 12.8. The van der Waals surface area contributed by atoms with E-state index in [4.69, 9.17) is 10.1 Å². The van der Waals surface area contributed by atoms with Crippen LogP contribution in [0.1, 0.15) is 52.8 Å². The summed E-state index contributed by atoms with van der Waals surface area (Å²) in [6, 6.07) is 18.3. The first-order valence-electron chi connectivity index (χ1n) is 16.5. The molecule has 12 heteroatoms. The van der Waals surface area contributed by atoms with Crippen molar-refractivity contribution in [1.82, 2.24) is 35.3 Å². The minimum Gasteiger partial charge on any atom is -0.350 e. The Hall–Kier alpha value is -6.35. The van der Waals surface area contributed by atoms with Crippen molar-refractivity contribution in [3.05, 3.63) is 101 Å². The van der Waals surface area contributed by atoms with Gasteiger partial charge in [0, 0.05) is 73.1 Å². The van der Waals surface area contributed by atoms with Gasteiger partial charge in [-0.15, -0.1) is 0 Å². The zero-order valence-electron chi connectivity index (χ0n) is 27.7. The predicted molar refractivity (Wildman–Crippen MR) is 187 cm³/mol. The van der Waals surface area contributed by atoms with E-state index in [1.807, 2.05) is 60.4 Å². The van der Waals surface area contributed by atoms with Gasteiger partial charge >= 0.3 is 6.03 Å². The molecule has 0 saturated carbocycles. The molecule has 0 radical (unpaired) electrons. The van der Waals surface area contributed by atoms with Gasteiger partial charge in [0.05, 0.1) is 35.7 Å². The molecule has 0 spiro atoms. The van der Waals surface area contributed by atoms with Gasteiger partial charge in [-0.1, -0.05) is 37.0 Å². The second-order valence-electron chi connectivity index (χ2n) is 12.2. The number of amides is 5. The molecule has 2 aliphatic heterocycles. The van der Waals surface area contributed by atoms with Crippen LogP contribution >= 0.6 is 0 Å². The van der Waals surface area contributed by atoms with Crippen molar-refractivity contribution >= 4 is 40.2 Å². The molecule has 3 aromatic heterocycles. The van der Waals surface area contributed by atoms with Crippen molar-refractivity contribution in [1.29, 1.82) is 0 Å². The third kappa shape index (κ3) is 6.41. The number of anilines is 1. The highest BCUT2D eigenvalue weighted by Gasteiger charge is 2.28. The van der Waals surface area contributed by atoms with Crippen LogP contribution in [0, 0.1) is 11.8 Å². The fourth-order valence-electron chi connectivity index (χ4n) is 6.22. The molecular formula is C38H34N8O4. The standard InChI is InChI=1S/C38H34N8O4/c1-3-30-28-20-36(48)44(2)23-34(28)46(43-30)33-12-7-10-25-19-32(41-22-29(25)33)26-13-14-31(40-21-26)37(49)39-16-5-4-8-24-9-6-11-27(18-24)45-17-15-35(47)42-38(45)50/h6-7,9-14,18-19,21-22H,3,5,15-17,20,23H2,1-2H3,(H,39,49)(H,42,47,50). The molecule has 50 heavy (non-hydrogen) atoms. The minimum atomic E-state index is -0.443. The van der Waals surface area contributed by atoms with Crippen molar-refractivity contribution in [2.75, 3.05) is 25.0 Å². The lowest BCUT2D eigenvalue weighted by Gasteiger charge is -2.26. The number of carbonyl (C=O) groups is 4. The van der Waals surface area contributed by atoms with Crippen LogP contribution in [0.25, 0.3) is 27.7 Å². The number of rotatable bonds is 7. The molecule has 0 bridgehead atoms. The Balaban J connectivity index is 0.993. The van der Waals surface area contributed by atoms with E-state index >= 15 is 0 Å². The molecule has 12 nitrogen and oxygen atoms in total. The third-order valence-electron chi connectivity index (χ3n) is 8.89. The molecule has 1 fully saturated rings. The van der Waals surface area contributed by atoms with E-state index in [2.05, 4.69) is 34.4 Å². The second kappa shape index (κ2) is 13.6. The Bertz CT molecular complexity index is 2230. The monoisotopic (exact) mass is 666 g/mol. The number of likely N-dealkylation sites (N-methyl/N-ethyl adjacent to an activating group) is 1. The number of fused-ring (bicyclic) bond motifs is 2. The molecule has 5 amide bonds. The lowest BCUT2D eigenvalue weighted by molar-refractivity contribution is -0.130. The van der Waals surface area contributed by atoms with Crippen LogP contribution in [-0.4, -0.2) is 68.5 Å². The van der Waals surface area contributed by atoms with E-state index in [1.54, 1.807) is 29.3 Å². The molecule has 5 heterocycles. The summed E-state index contributed by atoms with van der Waals surface area (Å²) < 4.78 is 1.96. The molecular weight excluding hydrogens is 632 g/mol. The number of aromatic nitrogens is 4. The average Bonchev–Trinajstić information content (AvgIpc) is 3.48. The Morgan fingerprint density at radius 3 is 2.68 bits per heavy atom. The summed E-state index contributed by atoms with van der Waals surface area (Å²) in [5, 5.41) is 12.0. The molecule has 1 saturated heterocycles. The number of pyridine rings is 2. The first kappa shape index (κ1) is 32.2. The summed E-state index contributed by atoms with van der Waals surface area (Å²) in [6.45, 7) is 3.22. The van der Waals surface area contributed by atoms with Gasteiger partial charge in [-0.3, -0.25) is 34.6 Å². The maximum Gasteiger partial charge on any atom is 0.328 e. The predicted octanol–water partition coefficient (Wildman–Crippen LogP) is 4.18. The van der Waals surface area contributed by atoms with Crippen LogP contribution in [-0.2, 0) is 29.0 Å². The summed E-state index contributed by atoms with van der Waals surface area (Å²) in [6.07, 6.45) is 5.26. The lowest BCUT2D eigenvalue weighted by atomic mass is 10.0. The van der Waals surface area contributed by atoms with E-state index in [-0.39, 0.29) is 29.8 Å². The number of imide groups is 1.